The van der Waals surface area contributed by atoms with Gasteiger partial charge in [0.15, 0.2) is 0 Å². The van der Waals surface area contributed by atoms with Crippen LogP contribution in [0.25, 0.3) is 0 Å². The summed E-state index contributed by atoms with van der Waals surface area (Å²) in [5, 5.41) is 8.42. The molecular weight excluding hydrogens is 424 g/mol. The second kappa shape index (κ2) is 13.9. The van der Waals surface area contributed by atoms with E-state index in [1.807, 2.05) is 12.1 Å². The highest BCUT2D eigenvalue weighted by Gasteiger charge is 2.11. The number of carbonyl (C=O) groups excluding carboxylic acids is 3. The number of likely N-dealkylation sites (N-methyl/N-ethyl adjacent to an activating group) is 1. The molecule has 178 valence electrons. The predicted octanol–water partition coefficient (Wildman–Crippen LogP) is 2.36. The second-order valence-corrected chi connectivity index (χ2v) is 7.46. The number of hydrogen-bond acceptors (Lipinski definition) is 6. The van der Waals surface area contributed by atoms with Gasteiger partial charge in [-0.2, -0.15) is 0 Å². The number of amides is 3. The van der Waals surface area contributed by atoms with Gasteiger partial charge in [0.1, 0.15) is 5.75 Å². The van der Waals surface area contributed by atoms with Crippen molar-refractivity contribution in [1.82, 2.24) is 10.2 Å². The Balaban J connectivity index is 1.75. The summed E-state index contributed by atoms with van der Waals surface area (Å²) in [6.45, 7) is 1.82. The Bertz CT molecular complexity index is 917. The van der Waals surface area contributed by atoms with Crippen molar-refractivity contribution >= 4 is 29.1 Å². The summed E-state index contributed by atoms with van der Waals surface area (Å²) in [6.07, 6.45) is 0.999. The van der Waals surface area contributed by atoms with Gasteiger partial charge in [-0.25, -0.2) is 0 Å². The summed E-state index contributed by atoms with van der Waals surface area (Å²) < 4.78 is 10.2. The molecule has 9 nitrogen and oxygen atoms in total. The van der Waals surface area contributed by atoms with E-state index in [0.717, 1.165) is 6.42 Å². The fourth-order valence-corrected chi connectivity index (χ4v) is 2.99. The smallest absolute Gasteiger partial charge is 0.255 e. The molecule has 33 heavy (non-hydrogen) atoms. The van der Waals surface area contributed by atoms with Gasteiger partial charge in [-0.15, -0.1) is 0 Å². The van der Waals surface area contributed by atoms with Gasteiger partial charge in [0, 0.05) is 44.5 Å². The van der Waals surface area contributed by atoms with Crippen LogP contribution in [0.1, 0.15) is 23.2 Å². The van der Waals surface area contributed by atoms with Crippen LogP contribution in [0.4, 0.5) is 11.4 Å². The van der Waals surface area contributed by atoms with Crippen molar-refractivity contribution in [3.8, 4) is 5.75 Å². The lowest BCUT2D eigenvalue weighted by atomic mass is 10.2. The normalized spacial score (nSPS) is 10.5. The van der Waals surface area contributed by atoms with Gasteiger partial charge in [-0.1, -0.05) is 12.1 Å². The average molecular weight is 457 g/mol. The molecule has 0 saturated carbocycles. The first-order chi connectivity index (χ1) is 15.9. The van der Waals surface area contributed by atoms with Crippen LogP contribution in [0.15, 0.2) is 48.5 Å². The van der Waals surface area contributed by atoms with Gasteiger partial charge >= 0.3 is 0 Å². The molecule has 0 radical (unpaired) electrons. The average Bonchev–Trinajstić information content (AvgIpc) is 2.81. The molecule has 0 unspecified atom stereocenters. The number of nitrogens with zero attached hydrogens (tertiary/aromatic N) is 1. The summed E-state index contributed by atoms with van der Waals surface area (Å²) in [5.74, 6) is 0.0346. The monoisotopic (exact) mass is 456 g/mol. The fourth-order valence-electron chi connectivity index (χ4n) is 2.99. The zero-order valence-electron chi connectivity index (χ0n) is 19.3. The predicted molar refractivity (Wildman–Crippen MR) is 128 cm³/mol. The van der Waals surface area contributed by atoms with E-state index in [9.17, 15) is 14.4 Å². The number of methoxy groups -OCH3 is 2. The number of benzene rings is 2. The lowest BCUT2D eigenvalue weighted by molar-refractivity contribution is -0.122. The molecule has 2 aromatic carbocycles. The first kappa shape index (κ1) is 25.8. The van der Waals surface area contributed by atoms with Crippen LogP contribution in [0.3, 0.4) is 0 Å². The van der Waals surface area contributed by atoms with E-state index in [-0.39, 0.29) is 30.7 Å². The zero-order chi connectivity index (χ0) is 24.1. The fraction of sp³-hybridized carbons (Fsp3) is 0.375. The highest BCUT2D eigenvalue weighted by Crippen LogP contribution is 2.23. The molecule has 0 fully saturated rings. The van der Waals surface area contributed by atoms with Crippen molar-refractivity contribution in [2.45, 2.75) is 12.8 Å². The molecule has 3 N–H and O–H groups in total. The molecular formula is C24H32N4O5. The highest BCUT2D eigenvalue weighted by molar-refractivity contribution is 6.05. The van der Waals surface area contributed by atoms with Crippen molar-refractivity contribution in [2.75, 3.05) is 58.1 Å². The van der Waals surface area contributed by atoms with Crippen LogP contribution < -0.4 is 20.7 Å². The number of para-hydroxylation sites is 2. The minimum absolute atomic E-state index is 0.0870. The van der Waals surface area contributed by atoms with Crippen molar-refractivity contribution in [2.24, 2.45) is 0 Å². The number of carbonyl (C=O) groups is 3. The molecule has 0 spiro atoms. The number of hydrogen-bond donors (Lipinski definition) is 3. The van der Waals surface area contributed by atoms with Crippen LogP contribution in [-0.4, -0.2) is 70.1 Å². The van der Waals surface area contributed by atoms with Crippen molar-refractivity contribution in [1.29, 1.82) is 0 Å². The second-order valence-electron chi connectivity index (χ2n) is 7.46. The molecule has 3 amide bonds. The maximum atomic E-state index is 12.5. The van der Waals surface area contributed by atoms with E-state index in [0.29, 0.717) is 42.4 Å². The summed E-state index contributed by atoms with van der Waals surface area (Å²) in [5.41, 5.74) is 1.62. The Labute approximate surface area is 194 Å². The molecule has 0 aliphatic rings. The van der Waals surface area contributed by atoms with E-state index in [1.54, 1.807) is 62.6 Å². The molecule has 0 aliphatic carbocycles. The van der Waals surface area contributed by atoms with Crippen LogP contribution in [0.5, 0.6) is 5.75 Å². The molecule has 0 aromatic heterocycles. The van der Waals surface area contributed by atoms with Crippen LogP contribution in [-0.2, 0) is 14.3 Å². The minimum Gasteiger partial charge on any atom is -0.495 e. The van der Waals surface area contributed by atoms with Gasteiger partial charge < -0.3 is 25.4 Å². The Morgan fingerprint density at radius 2 is 1.67 bits per heavy atom. The van der Waals surface area contributed by atoms with E-state index in [1.165, 1.54) is 0 Å². The van der Waals surface area contributed by atoms with Crippen LogP contribution in [0, 0.1) is 0 Å². The standard InChI is InChI=1S/C24H32N4O5/c1-28(17-23(30)25-14-6-16-32-2)15-13-22(29)26-19-11-9-18(10-12-19)24(31)27-20-7-4-5-8-21(20)33-3/h4-5,7-12H,6,13-17H2,1-3H3,(H,25,30)(H,26,29)(H,27,31). The molecule has 9 heteroatoms. The molecule has 0 aliphatic heterocycles. The van der Waals surface area contributed by atoms with E-state index < -0.39 is 0 Å². The first-order valence-electron chi connectivity index (χ1n) is 10.7. The molecule has 0 bridgehead atoms. The SMILES string of the molecule is COCCCNC(=O)CN(C)CCC(=O)Nc1ccc(C(=O)Nc2ccccc2OC)cc1. The van der Waals surface area contributed by atoms with Crippen molar-refractivity contribution in [3.63, 3.8) is 0 Å². The first-order valence-corrected chi connectivity index (χ1v) is 10.7. The maximum Gasteiger partial charge on any atom is 0.255 e. The lowest BCUT2D eigenvalue weighted by Crippen LogP contribution is -2.37. The quantitative estimate of drug-likeness (QED) is 0.399. The largest absolute Gasteiger partial charge is 0.495 e. The Morgan fingerprint density at radius 3 is 2.36 bits per heavy atom. The third-order valence-electron chi connectivity index (χ3n) is 4.77. The summed E-state index contributed by atoms with van der Waals surface area (Å²) in [6, 6.07) is 13.8. The van der Waals surface area contributed by atoms with Crippen LogP contribution in [0.2, 0.25) is 0 Å². The summed E-state index contributed by atoms with van der Waals surface area (Å²) in [7, 11) is 4.95. The van der Waals surface area contributed by atoms with Gasteiger partial charge in [0.2, 0.25) is 11.8 Å². The Morgan fingerprint density at radius 1 is 0.939 bits per heavy atom. The number of rotatable bonds is 13. The van der Waals surface area contributed by atoms with Crippen molar-refractivity contribution in [3.05, 3.63) is 54.1 Å². The molecule has 0 atom stereocenters. The van der Waals surface area contributed by atoms with E-state index in [2.05, 4.69) is 16.0 Å². The number of ether oxygens (including phenoxy) is 2. The van der Waals surface area contributed by atoms with E-state index >= 15 is 0 Å². The van der Waals surface area contributed by atoms with Gasteiger partial charge in [-0.05, 0) is 49.9 Å². The lowest BCUT2D eigenvalue weighted by Gasteiger charge is -2.16. The minimum atomic E-state index is -0.278. The third kappa shape index (κ3) is 9.30. The van der Waals surface area contributed by atoms with Gasteiger partial charge in [0.25, 0.3) is 5.91 Å². The number of anilines is 2. The summed E-state index contributed by atoms with van der Waals surface area (Å²) >= 11 is 0. The zero-order valence-corrected chi connectivity index (χ0v) is 19.3. The summed E-state index contributed by atoms with van der Waals surface area (Å²) in [4.78, 5) is 38.4. The molecule has 2 aromatic rings. The third-order valence-corrected chi connectivity index (χ3v) is 4.77. The molecule has 0 saturated heterocycles. The number of nitrogens with one attached hydrogen (secondary N) is 3. The van der Waals surface area contributed by atoms with Gasteiger partial charge in [-0.3, -0.25) is 19.3 Å². The van der Waals surface area contributed by atoms with E-state index in [4.69, 9.17) is 9.47 Å². The molecule has 0 heterocycles. The Hall–Kier alpha value is -3.43. The maximum absolute atomic E-state index is 12.5. The van der Waals surface area contributed by atoms with Gasteiger partial charge in [0.05, 0.1) is 19.3 Å². The highest BCUT2D eigenvalue weighted by atomic mass is 16.5. The molecule has 2 rings (SSSR count). The topological polar surface area (TPSA) is 109 Å². The van der Waals surface area contributed by atoms with Crippen molar-refractivity contribution < 1.29 is 23.9 Å². The Kier molecular flexibility index (Phi) is 10.9. The van der Waals surface area contributed by atoms with Crippen LogP contribution >= 0.6 is 0 Å².